The fourth-order valence-corrected chi connectivity index (χ4v) is 7.95. The van der Waals surface area contributed by atoms with Gasteiger partial charge in [0.25, 0.3) is 0 Å². The molecule has 2 amide bonds. The first kappa shape index (κ1) is 40.6. The Hall–Kier alpha value is -4.62. The summed E-state index contributed by atoms with van der Waals surface area (Å²) in [5, 5.41) is 15.6. The van der Waals surface area contributed by atoms with E-state index in [0.717, 1.165) is 98.0 Å². The van der Waals surface area contributed by atoms with Crippen molar-refractivity contribution in [3.05, 3.63) is 119 Å². The van der Waals surface area contributed by atoms with Crippen LogP contribution in [0, 0.1) is 0 Å². The molecule has 0 radical (unpaired) electrons. The van der Waals surface area contributed by atoms with Crippen molar-refractivity contribution in [2.75, 3.05) is 43.9 Å². The molecule has 3 saturated heterocycles. The molecule has 0 aromatic heterocycles. The summed E-state index contributed by atoms with van der Waals surface area (Å²) in [5.74, 6) is -0.448. The number of aliphatic hydroxyl groups is 1. The monoisotopic (exact) mass is 776 g/mol. The van der Waals surface area contributed by atoms with Crippen LogP contribution in [0.15, 0.2) is 97.1 Å². The highest BCUT2D eigenvalue weighted by Crippen LogP contribution is 2.40. The lowest BCUT2D eigenvalue weighted by Crippen LogP contribution is -2.48. The van der Waals surface area contributed by atoms with Crippen molar-refractivity contribution < 1.29 is 33.6 Å². The van der Waals surface area contributed by atoms with Crippen LogP contribution in [0.1, 0.15) is 92.4 Å². The minimum absolute atomic E-state index is 0.00135. The van der Waals surface area contributed by atoms with Gasteiger partial charge in [-0.05, 0) is 64.9 Å². The van der Waals surface area contributed by atoms with Gasteiger partial charge in [-0.2, -0.15) is 0 Å². The third kappa shape index (κ3) is 11.3. The number of likely N-dealkylation sites (tertiary alicyclic amines) is 1. The van der Waals surface area contributed by atoms with Crippen molar-refractivity contribution in [2.24, 2.45) is 0 Å². The maximum atomic E-state index is 12.7. The number of anilines is 2. The van der Waals surface area contributed by atoms with Crippen molar-refractivity contribution in [2.45, 2.75) is 95.2 Å². The largest absolute Gasteiger partial charge is 0.397 e. The highest BCUT2D eigenvalue weighted by Gasteiger charge is 2.41. The molecule has 0 aliphatic carbocycles. The van der Waals surface area contributed by atoms with Gasteiger partial charge >= 0.3 is 0 Å². The second kappa shape index (κ2) is 19.7. The third-order valence-electron chi connectivity index (χ3n) is 11.2. The summed E-state index contributed by atoms with van der Waals surface area (Å²) in [7, 11) is 0. The first-order chi connectivity index (χ1) is 27.8. The van der Waals surface area contributed by atoms with E-state index in [1.807, 2.05) is 54.6 Å². The highest BCUT2D eigenvalue weighted by molar-refractivity contribution is 5.93. The van der Waals surface area contributed by atoms with Gasteiger partial charge in [-0.25, -0.2) is 0 Å². The van der Waals surface area contributed by atoms with E-state index in [1.54, 1.807) is 12.1 Å². The summed E-state index contributed by atoms with van der Waals surface area (Å²) in [4.78, 5) is 27.4. The Balaban J connectivity index is 0.911. The summed E-state index contributed by atoms with van der Waals surface area (Å²) in [6, 6.07) is 31.8. The fraction of sp³-hybridized carbons (Fsp3) is 0.435. The van der Waals surface area contributed by atoms with Gasteiger partial charge in [-0.15, -0.1) is 0 Å². The Kier molecular flexibility index (Phi) is 14.0. The van der Waals surface area contributed by atoms with Crippen LogP contribution in [0.3, 0.4) is 0 Å². The number of nitrogen functional groups attached to an aromatic ring is 1. The molecule has 3 heterocycles. The number of nitrogens with one attached hydrogen (secondary N) is 2. The van der Waals surface area contributed by atoms with Gasteiger partial charge in [0.15, 0.2) is 12.1 Å². The van der Waals surface area contributed by atoms with E-state index in [-0.39, 0.29) is 30.6 Å². The van der Waals surface area contributed by atoms with Gasteiger partial charge in [-0.1, -0.05) is 85.6 Å². The van der Waals surface area contributed by atoms with E-state index in [2.05, 4.69) is 45.9 Å². The molecule has 7 rings (SSSR count). The van der Waals surface area contributed by atoms with E-state index in [9.17, 15) is 14.7 Å². The van der Waals surface area contributed by atoms with E-state index in [1.165, 1.54) is 0 Å². The normalized spacial score (nSPS) is 20.7. The van der Waals surface area contributed by atoms with Gasteiger partial charge < -0.3 is 45.3 Å². The summed E-state index contributed by atoms with van der Waals surface area (Å²) in [5.41, 5.74) is 13.1. The van der Waals surface area contributed by atoms with Crippen molar-refractivity contribution >= 4 is 23.2 Å². The van der Waals surface area contributed by atoms with Crippen molar-refractivity contribution in [3.63, 3.8) is 0 Å². The lowest BCUT2D eigenvalue weighted by molar-refractivity contribution is -0.255. The molecule has 3 aliphatic heterocycles. The molecule has 0 saturated carbocycles. The number of nitrogens with zero attached hydrogens (tertiary/aromatic N) is 1. The topological polar surface area (TPSA) is 145 Å². The number of hydrogen-bond donors (Lipinski definition) is 4. The van der Waals surface area contributed by atoms with Crippen LogP contribution < -0.4 is 16.4 Å². The van der Waals surface area contributed by atoms with Gasteiger partial charge in [0, 0.05) is 63.8 Å². The molecule has 0 bridgehead atoms. The van der Waals surface area contributed by atoms with E-state index in [0.29, 0.717) is 44.0 Å². The number of nitrogens with two attached hydrogens (primary N) is 1. The number of benzene rings is 4. The van der Waals surface area contributed by atoms with Crippen molar-refractivity contribution in [1.82, 2.24) is 10.2 Å². The fourth-order valence-electron chi connectivity index (χ4n) is 7.95. The number of ether oxygens (including phenoxy) is 4. The molecule has 3 unspecified atom stereocenters. The molecule has 3 atom stereocenters. The number of unbranched alkanes of at least 4 members (excludes halogenated alkanes) is 3. The maximum Gasteiger partial charge on any atom is 0.224 e. The van der Waals surface area contributed by atoms with E-state index >= 15 is 0 Å². The Morgan fingerprint density at radius 3 is 2.19 bits per heavy atom. The molecular weight excluding hydrogens is 721 g/mol. The average Bonchev–Trinajstić information content (AvgIpc) is 3.71. The zero-order valence-corrected chi connectivity index (χ0v) is 32.7. The van der Waals surface area contributed by atoms with Crippen LogP contribution in [-0.4, -0.2) is 66.6 Å². The predicted molar refractivity (Wildman–Crippen MR) is 220 cm³/mol. The Morgan fingerprint density at radius 1 is 0.754 bits per heavy atom. The van der Waals surface area contributed by atoms with Crippen molar-refractivity contribution in [3.8, 4) is 11.1 Å². The second-order valence-corrected chi connectivity index (χ2v) is 15.4. The molecule has 11 heteroatoms. The average molecular weight is 777 g/mol. The van der Waals surface area contributed by atoms with Gasteiger partial charge in [0.05, 0.1) is 43.4 Å². The first-order valence-electron chi connectivity index (χ1n) is 20.5. The van der Waals surface area contributed by atoms with Gasteiger partial charge in [-0.3, -0.25) is 9.59 Å². The van der Waals surface area contributed by atoms with Gasteiger partial charge in [0.1, 0.15) is 0 Å². The number of carbonyl (C=O) groups excluding carboxylic acids is 2. The van der Waals surface area contributed by atoms with Crippen LogP contribution in [0.4, 0.5) is 11.4 Å². The zero-order valence-electron chi connectivity index (χ0n) is 32.7. The number of carbonyl (C=O) groups is 2. The minimum atomic E-state index is -0.558. The smallest absolute Gasteiger partial charge is 0.224 e. The molecule has 302 valence electrons. The Labute approximate surface area is 335 Å². The lowest BCUT2D eigenvalue weighted by Gasteiger charge is -2.41. The first-order valence-corrected chi connectivity index (χ1v) is 20.5. The second-order valence-electron chi connectivity index (χ2n) is 15.4. The Morgan fingerprint density at radius 2 is 1.46 bits per heavy atom. The number of para-hydroxylation sites is 2. The standard InChI is InChI=1S/C46H56N4O7/c47-40-13-5-6-14-41(40)49-44(53)16-4-2-1-3-15-43(52)48-30-34-9-7-10-36(27-34)37-11-8-12-38(28-37)45-56-39(29-42(57-45)35-19-17-33(32-51)18-20-35)31-50-23-21-46(22-24-50)54-25-26-55-46/h5-14,17-20,27-28,39,42,45,51H,1-4,15-16,21-26,29-32,47H2,(H,48,52)(H,49,53). The molecule has 11 nitrogen and oxygen atoms in total. The predicted octanol–water partition coefficient (Wildman–Crippen LogP) is 7.41. The molecule has 4 aromatic rings. The van der Waals surface area contributed by atoms with Crippen LogP contribution in [0.2, 0.25) is 0 Å². The Bertz CT molecular complexity index is 1920. The molecule has 1 spiro atoms. The molecular formula is C46H56N4O7. The van der Waals surface area contributed by atoms with E-state index in [4.69, 9.17) is 24.7 Å². The van der Waals surface area contributed by atoms with Crippen LogP contribution in [0.25, 0.3) is 11.1 Å². The lowest BCUT2D eigenvalue weighted by atomic mass is 9.97. The van der Waals surface area contributed by atoms with Crippen molar-refractivity contribution in [1.29, 1.82) is 0 Å². The van der Waals surface area contributed by atoms with Crippen LogP contribution in [0.5, 0.6) is 0 Å². The molecule has 57 heavy (non-hydrogen) atoms. The van der Waals surface area contributed by atoms with Crippen LogP contribution >= 0.6 is 0 Å². The van der Waals surface area contributed by atoms with E-state index < -0.39 is 12.1 Å². The van der Waals surface area contributed by atoms with Crippen LogP contribution in [-0.2, 0) is 41.7 Å². The third-order valence-corrected chi connectivity index (χ3v) is 11.2. The number of aliphatic hydroxyl groups excluding tert-OH is 1. The number of hydrogen-bond acceptors (Lipinski definition) is 9. The molecule has 5 N–H and O–H groups in total. The number of piperidine rings is 1. The minimum Gasteiger partial charge on any atom is -0.397 e. The summed E-state index contributed by atoms with van der Waals surface area (Å²) in [6.45, 7) is 4.35. The SMILES string of the molecule is Nc1ccccc1NC(=O)CCCCCCC(=O)NCc1cccc(-c2cccc(C3OC(CN4CCC5(CC4)OCCO5)CC(c4ccc(CO)cc4)O3)c2)c1. The summed E-state index contributed by atoms with van der Waals surface area (Å²) >= 11 is 0. The number of rotatable bonds is 16. The summed E-state index contributed by atoms with van der Waals surface area (Å²) < 4.78 is 25.3. The quantitative estimate of drug-likeness (QED) is 0.0676. The maximum absolute atomic E-state index is 12.7. The van der Waals surface area contributed by atoms with Gasteiger partial charge in [0.2, 0.25) is 11.8 Å². The zero-order chi connectivity index (χ0) is 39.5. The molecule has 3 fully saturated rings. The highest BCUT2D eigenvalue weighted by atomic mass is 16.7. The summed E-state index contributed by atoms with van der Waals surface area (Å²) in [6.07, 6.45) is 5.83. The molecule has 3 aliphatic rings. The molecule has 4 aromatic carbocycles. The number of amides is 2.